The molecule has 3 nitrogen and oxygen atoms in total. The number of anilines is 1. The Kier molecular flexibility index (Phi) is 3.64. The highest BCUT2D eigenvalue weighted by Gasteiger charge is 2.03. The number of nitrogens with zero attached hydrogens (tertiary/aromatic N) is 2. The summed E-state index contributed by atoms with van der Waals surface area (Å²) in [5.41, 5.74) is 2.07. The van der Waals surface area contributed by atoms with Gasteiger partial charge in [-0.1, -0.05) is 12.1 Å². The smallest absolute Gasteiger partial charge is 0.146 e. The van der Waals surface area contributed by atoms with E-state index < -0.39 is 11.6 Å². The SMILES string of the molecule is Fc1ccc(F)c(NCc2ccc(-n3cccn3)cc2)c1. The van der Waals surface area contributed by atoms with Gasteiger partial charge in [-0.15, -0.1) is 0 Å². The van der Waals surface area contributed by atoms with Crippen molar-refractivity contribution in [2.24, 2.45) is 0 Å². The van der Waals surface area contributed by atoms with Crippen LogP contribution in [0.3, 0.4) is 0 Å². The third-order valence-electron chi connectivity index (χ3n) is 3.12. The van der Waals surface area contributed by atoms with Gasteiger partial charge in [0, 0.05) is 18.9 Å². The Morgan fingerprint density at radius 2 is 1.86 bits per heavy atom. The summed E-state index contributed by atoms with van der Waals surface area (Å²) in [5.74, 6) is -0.933. The molecule has 0 atom stereocenters. The largest absolute Gasteiger partial charge is 0.379 e. The number of hydrogen-bond acceptors (Lipinski definition) is 2. The molecule has 3 aromatic rings. The van der Waals surface area contributed by atoms with Crippen LogP contribution in [0.2, 0.25) is 0 Å². The van der Waals surface area contributed by atoms with Crippen LogP contribution in [-0.4, -0.2) is 9.78 Å². The lowest BCUT2D eigenvalue weighted by atomic mass is 10.2. The molecule has 1 N–H and O–H groups in total. The monoisotopic (exact) mass is 285 g/mol. The van der Waals surface area contributed by atoms with E-state index in [0.29, 0.717) is 6.54 Å². The van der Waals surface area contributed by atoms with Gasteiger partial charge in [-0.05, 0) is 42.0 Å². The molecule has 5 heteroatoms. The molecular formula is C16H13F2N3. The number of nitrogens with one attached hydrogen (secondary N) is 1. The zero-order valence-corrected chi connectivity index (χ0v) is 11.1. The molecule has 0 unspecified atom stereocenters. The third-order valence-corrected chi connectivity index (χ3v) is 3.12. The normalized spacial score (nSPS) is 10.6. The number of rotatable bonds is 4. The van der Waals surface area contributed by atoms with Gasteiger partial charge in [0.05, 0.1) is 11.4 Å². The summed E-state index contributed by atoms with van der Waals surface area (Å²) in [4.78, 5) is 0. The average Bonchev–Trinajstić information content (AvgIpc) is 3.03. The van der Waals surface area contributed by atoms with Gasteiger partial charge in [0.2, 0.25) is 0 Å². The molecule has 0 bridgehead atoms. The second kappa shape index (κ2) is 5.75. The first-order valence-corrected chi connectivity index (χ1v) is 6.50. The second-order valence-corrected chi connectivity index (χ2v) is 4.59. The molecule has 3 rings (SSSR count). The predicted molar refractivity (Wildman–Crippen MR) is 77.2 cm³/mol. The summed E-state index contributed by atoms with van der Waals surface area (Å²) >= 11 is 0. The van der Waals surface area contributed by atoms with Gasteiger partial charge in [0.15, 0.2) is 0 Å². The van der Waals surface area contributed by atoms with Crippen molar-refractivity contribution in [2.45, 2.75) is 6.54 Å². The van der Waals surface area contributed by atoms with Crippen molar-refractivity contribution in [3.05, 3.63) is 78.1 Å². The van der Waals surface area contributed by atoms with Crippen LogP contribution >= 0.6 is 0 Å². The van der Waals surface area contributed by atoms with Crippen LogP contribution in [0.25, 0.3) is 5.69 Å². The lowest BCUT2D eigenvalue weighted by molar-refractivity contribution is 0.602. The fourth-order valence-corrected chi connectivity index (χ4v) is 2.02. The zero-order valence-electron chi connectivity index (χ0n) is 11.1. The fourth-order valence-electron chi connectivity index (χ4n) is 2.02. The molecule has 0 amide bonds. The van der Waals surface area contributed by atoms with Gasteiger partial charge in [-0.3, -0.25) is 0 Å². The number of aromatic nitrogens is 2. The highest BCUT2D eigenvalue weighted by Crippen LogP contribution is 2.17. The maximum absolute atomic E-state index is 13.5. The van der Waals surface area contributed by atoms with Crippen LogP contribution in [0.15, 0.2) is 60.9 Å². The lowest BCUT2D eigenvalue weighted by Crippen LogP contribution is -2.02. The van der Waals surface area contributed by atoms with Crippen LogP contribution in [0.5, 0.6) is 0 Å². The minimum absolute atomic E-state index is 0.158. The average molecular weight is 285 g/mol. The van der Waals surface area contributed by atoms with Gasteiger partial charge in [0.1, 0.15) is 11.6 Å². The van der Waals surface area contributed by atoms with E-state index in [1.54, 1.807) is 10.9 Å². The van der Waals surface area contributed by atoms with Gasteiger partial charge >= 0.3 is 0 Å². The quantitative estimate of drug-likeness (QED) is 0.791. The van der Waals surface area contributed by atoms with Crippen LogP contribution in [-0.2, 0) is 6.54 Å². The highest BCUT2D eigenvalue weighted by atomic mass is 19.1. The number of halogens is 2. The topological polar surface area (TPSA) is 29.9 Å². The molecule has 0 saturated heterocycles. The molecule has 0 spiro atoms. The molecule has 0 fully saturated rings. The van der Waals surface area contributed by atoms with Crippen molar-refractivity contribution in [3.8, 4) is 5.69 Å². The maximum atomic E-state index is 13.5. The highest BCUT2D eigenvalue weighted by molar-refractivity contribution is 5.46. The van der Waals surface area contributed by atoms with E-state index in [2.05, 4.69) is 10.4 Å². The molecule has 0 aliphatic rings. The van der Waals surface area contributed by atoms with Crippen LogP contribution < -0.4 is 5.32 Å². The fraction of sp³-hybridized carbons (Fsp3) is 0.0625. The Morgan fingerprint density at radius 3 is 2.57 bits per heavy atom. The van der Waals surface area contributed by atoms with E-state index in [4.69, 9.17) is 0 Å². The first kappa shape index (κ1) is 13.3. The lowest BCUT2D eigenvalue weighted by Gasteiger charge is -2.08. The minimum Gasteiger partial charge on any atom is -0.379 e. The van der Waals surface area contributed by atoms with E-state index in [1.165, 1.54) is 0 Å². The molecule has 106 valence electrons. The van der Waals surface area contributed by atoms with Gasteiger partial charge in [0.25, 0.3) is 0 Å². The van der Waals surface area contributed by atoms with E-state index in [0.717, 1.165) is 29.4 Å². The number of hydrogen-bond donors (Lipinski definition) is 1. The van der Waals surface area contributed by atoms with Crippen LogP contribution in [0.1, 0.15) is 5.56 Å². The van der Waals surface area contributed by atoms with Gasteiger partial charge in [-0.25, -0.2) is 13.5 Å². The Morgan fingerprint density at radius 1 is 1.05 bits per heavy atom. The van der Waals surface area contributed by atoms with Crippen molar-refractivity contribution in [2.75, 3.05) is 5.32 Å². The predicted octanol–water partition coefficient (Wildman–Crippen LogP) is 3.76. The summed E-state index contributed by atoms with van der Waals surface area (Å²) in [6, 6.07) is 12.9. The standard InChI is InChI=1S/C16H13F2N3/c17-13-4-7-15(18)16(10-13)19-11-12-2-5-14(6-3-12)21-9-1-8-20-21/h1-10,19H,11H2. The molecule has 1 heterocycles. The molecule has 2 aromatic carbocycles. The molecule has 21 heavy (non-hydrogen) atoms. The summed E-state index contributed by atoms with van der Waals surface area (Å²) in [5, 5.41) is 7.03. The zero-order chi connectivity index (χ0) is 14.7. The molecule has 0 aliphatic carbocycles. The van der Waals surface area contributed by atoms with E-state index >= 15 is 0 Å². The molecule has 0 saturated carbocycles. The van der Waals surface area contributed by atoms with E-state index in [1.807, 2.05) is 36.5 Å². The Hall–Kier alpha value is -2.69. The molecule has 0 radical (unpaired) electrons. The summed E-state index contributed by atoms with van der Waals surface area (Å²) in [7, 11) is 0. The van der Waals surface area contributed by atoms with Crippen molar-refractivity contribution in [1.82, 2.24) is 9.78 Å². The Bertz CT molecular complexity index is 722. The van der Waals surface area contributed by atoms with Crippen molar-refractivity contribution >= 4 is 5.69 Å². The number of benzene rings is 2. The van der Waals surface area contributed by atoms with Crippen LogP contribution in [0.4, 0.5) is 14.5 Å². The second-order valence-electron chi connectivity index (χ2n) is 4.59. The Balaban J connectivity index is 1.70. The van der Waals surface area contributed by atoms with Crippen molar-refractivity contribution < 1.29 is 8.78 Å². The van der Waals surface area contributed by atoms with Crippen LogP contribution in [0, 0.1) is 11.6 Å². The summed E-state index contributed by atoms with van der Waals surface area (Å²) < 4.78 is 28.3. The Labute approximate surface area is 120 Å². The maximum Gasteiger partial charge on any atom is 0.146 e. The third kappa shape index (κ3) is 3.08. The van der Waals surface area contributed by atoms with Crippen molar-refractivity contribution in [1.29, 1.82) is 0 Å². The molecule has 1 aromatic heterocycles. The van der Waals surface area contributed by atoms with Gasteiger partial charge < -0.3 is 5.32 Å². The van der Waals surface area contributed by atoms with Gasteiger partial charge in [-0.2, -0.15) is 5.10 Å². The molecule has 0 aliphatic heterocycles. The molecular weight excluding hydrogens is 272 g/mol. The minimum atomic E-state index is -0.468. The first-order valence-electron chi connectivity index (χ1n) is 6.50. The first-order chi connectivity index (χ1) is 10.2. The van der Waals surface area contributed by atoms with E-state index in [9.17, 15) is 8.78 Å². The van der Waals surface area contributed by atoms with E-state index in [-0.39, 0.29) is 5.69 Å². The summed E-state index contributed by atoms with van der Waals surface area (Å²) in [6.45, 7) is 0.416. The summed E-state index contributed by atoms with van der Waals surface area (Å²) in [6.07, 6.45) is 3.57. The van der Waals surface area contributed by atoms with Crippen molar-refractivity contribution in [3.63, 3.8) is 0 Å².